The SMILES string of the molecule is CC/C=C\C/C=C\C/C=C\C/C=C\C/C=C\CCCCCCCCCCCCCCCCCCCC(=O)NC(COC1OC(CO)C(OC2OC(CO)C(OC3OC(CO)C(O)C(O)C3O)C(O)C2O)C(O)C1O)C(O)CCCCCCCCCCCCCCCCCCCCCCCCCCC. The van der Waals surface area contributed by atoms with Crippen molar-refractivity contribution in [1.82, 2.24) is 5.32 Å². The van der Waals surface area contributed by atoms with Crippen LogP contribution in [0.25, 0.3) is 0 Å². The lowest BCUT2D eigenvalue weighted by atomic mass is 9.96. The van der Waals surface area contributed by atoms with Gasteiger partial charge in [0.15, 0.2) is 18.9 Å². The number of ether oxygens (including phenoxy) is 6. The van der Waals surface area contributed by atoms with E-state index in [-0.39, 0.29) is 18.9 Å². The van der Waals surface area contributed by atoms with Crippen LogP contribution in [0.4, 0.5) is 0 Å². The number of rotatable bonds is 67. The van der Waals surface area contributed by atoms with Crippen LogP contribution in [-0.2, 0) is 33.2 Å². The molecule has 3 aliphatic rings. The summed E-state index contributed by atoms with van der Waals surface area (Å²) < 4.78 is 34.6. The summed E-state index contributed by atoms with van der Waals surface area (Å²) in [5, 5.41) is 121. The van der Waals surface area contributed by atoms with Gasteiger partial charge in [-0.2, -0.15) is 0 Å². The molecule has 3 saturated heterocycles. The summed E-state index contributed by atoms with van der Waals surface area (Å²) in [6.45, 7) is 1.74. The number of hydrogen-bond acceptors (Lipinski definition) is 18. The lowest BCUT2D eigenvalue weighted by Crippen LogP contribution is -2.66. The van der Waals surface area contributed by atoms with E-state index in [1.165, 1.54) is 225 Å². The Kier molecular flexibility index (Phi) is 59.1. The molecule has 0 aromatic heterocycles. The third-order valence-electron chi connectivity index (χ3n) is 20.9. The number of allylic oxidation sites excluding steroid dienone is 10. The predicted molar refractivity (Wildman–Crippen MR) is 411 cm³/mol. The summed E-state index contributed by atoms with van der Waals surface area (Å²) in [5.74, 6) is -0.238. The van der Waals surface area contributed by atoms with Crippen LogP contribution < -0.4 is 5.32 Å². The number of carbonyl (C=O) groups is 1. The van der Waals surface area contributed by atoms with Crippen LogP contribution >= 0.6 is 0 Å². The third kappa shape index (κ3) is 44.1. The van der Waals surface area contributed by atoms with Crippen molar-refractivity contribution in [3.8, 4) is 0 Å². The van der Waals surface area contributed by atoms with E-state index in [4.69, 9.17) is 28.4 Å². The van der Waals surface area contributed by atoms with E-state index in [1.54, 1.807) is 0 Å². The van der Waals surface area contributed by atoms with Gasteiger partial charge in [-0.05, 0) is 57.8 Å². The van der Waals surface area contributed by atoms with E-state index < -0.39 is 124 Å². The number of aliphatic hydroxyl groups is 11. The Labute approximate surface area is 624 Å². The lowest BCUT2D eigenvalue weighted by Gasteiger charge is -2.48. The minimum Gasteiger partial charge on any atom is -0.394 e. The highest BCUT2D eigenvalue weighted by Crippen LogP contribution is 2.33. The molecule has 3 aliphatic heterocycles. The number of carbonyl (C=O) groups excluding carboxylic acids is 1. The Morgan fingerprint density at radius 3 is 1.05 bits per heavy atom. The van der Waals surface area contributed by atoms with E-state index in [1.807, 2.05) is 0 Å². The van der Waals surface area contributed by atoms with Crippen molar-refractivity contribution in [1.29, 1.82) is 0 Å². The predicted octanol–water partition coefficient (Wildman–Crippen LogP) is 14.6. The molecule has 0 bridgehead atoms. The average molecular weight is 1470 g/mol. The number of nitrogens with one attached hydrogen (secondary N) is 1. The number of aliphatic hydroxyl groups excluding tert-OH is 11. The van der Waals surface area contributed by atoms with Crippen LogP contribution in [-0.4, -0.2) is 193 Å². The minimum absolute atomic E-state index is 0.238. The first-order valence-electron chi connectivity index (χ1n) is 42.0. The van der Waals surface area contributed by atoms with Crippen LogP contribution in [0.3, 0.4) is 0 Å². The van der Waals surface area contributed by atoms with E-state index in [2.05, 4.69) is 79.9 Å². The van der Waals surface area contributed by atoms with Crippen molar-refractivity contribution in [3.05, 3.63) is 60.8 Å². The first kappa shape index (κ1) is 94.7. The fraction of sp³-hybridized carbons (Fsp3) is 0.869. The second-order valence-electron chi connectivity index (χ2n) is 29.9. The third-order valence-corrected chi connectivity index (χ3v) is 20.9. The van der Waals surface area contributed by atoms with Gasteiger partial charge in [-0.3, -0.25) is 4.79 Å². The van der Waals surface area contributed by atoms with E-state index in [9.17, 15) is 61.0 Å². The number of hydrogen-bond donors (Lipinski definition) is 12. The fourth-order valence-corrected chi connectivity index (χ4v) is 14.2. The molecule has 3 rings (SSSR count). The molecular formula is C84H153NO18. The Bertz CT molecular complexity index is 2090. The topological polar surface area (TPSA) is 307 Å². The van der Waals surface area contributed by atoms with Crippen LogP contribution in [0.1, 0.15) is 335 Å². The van der Waals surface area contributed by atoms with Crippen molar-refractivity contribution in [2.24, 2.45) is 0 Å². The molecule has 0 aromatic rings. The molecule has 0 aromatic carbocycles. The summed E-state index contributed by atoms with van der Waals surface area (Å²) in [6.07, 6.45) is 55.9. The summed E-state index contributed by atoms with van der Waals surface area (Å²) in [6, 6.07) is -0.890. The van der Waals surface area contributed by atoms with Gasteiger partial charge in [0.1, 0.15) is 73.2 Å². The van der Waals surface area contributed by atoms with Crippen molar-refractivity contribution in [2.45, 2.75) is 439 Å². The number of unbranched alkanes of at least 4 members (excludes halogenated alkanes) is 41. The number of amides is 1. The molecule has 602 valence electrons. The van der Waals surface area contributed by atoms with Crippen LogP contribution in [0, 0.1) is 0 Å². The molecule has 103 heavy (non-hydrogen) atoms. The van der Waals surface area contributed by atoms with Crippen molar-refractivity contribution in [3.63, 3.8) is 0 Å². The van der Waals surface area contributed by atoms with Gasteiger partial charge < -0.3 is 89.9 Å². The molecule has 17 atom stereocenters. The van der Waals surface area contributed by atoms with Gasteiger partial charge in [0.25, 0.3) is 0 Å². The van der Waals surface area contributed by atoms with Crippen LogP contribution in [0.2, 0.25) is 0 Å². The van der Waals surface area contributed by atoms with Gasteiger partial charge >= 0.3 is 0 Å². The maximum Gasteiger partial charge on any atom is 0.220 e. The molecule has 3 fully saturated rings. The highest BCUT2D eigenvalue weighted by molar-refractivity contribution is 5.76. The second kappa shape index (κ2) is 64.3. The molecule has 12 N–H and O–H groups in total. The van der Waals surface area contributed by atoms with Gasteiger partial charge in [-0.25, -0.2) is 0 Å². The largest absolute Gasteiger partial charge is 0.394 e. The molecule has 19 heteroatoms. The minimum atomic E-state index is -1.97. The normalized spacial score (nSPS) is 26.3. The van der Waals surface area contributed by atoms with Crippen LogP contribution in [0.15, 0.2) is 60.8 Å². The zero-order valence-electron chi connectivity index (χ0n) is 64.5. The Hall–Kier alpha value is -2.51. The van der Waals surface area contributed by atoms with Gasteiger partial charge in [-0.15, -0.1) is 0 Å². The molecule has 19 nitrogen and oxygen atoms in total. The zero-order chi connectivity index (χ0) is 74.6. The first-order chi connectivity index (χ1) is 50.3. The Morgan fingerprint density at radius 2 is 0.670 bits per heavy atom. The molecule has 0 radical (unpaired) electrons. The second-order valence-corrected chi connectivity index (χ2v) is 29.9. The molecule has 0 aliphatic carbocycles. The molecular weight excluding hydrogens is 1310 g/mol. The zero-order valence-corrected chi connectivity index (χ0v) is 64.5. The van der Waals surface area contributed by atoms with Gasteiger partial charge in [0.2, 0.25) is 5.91 Å². The Morgan fingerprint density at radius 1 is 0.359 bits per heavy atom. The van der Waals surface area contributed by atoms with E-state index >= 15 is 0 Å². The standard InChI is InChI=1S/C84H153NO18/c1-3-5-7-9-11-13-15-17-19-21-23-25-27-29-30-31-32-33-34-35-36-38-40-42-44-46-48-50-52-54-56-58-60-62-72(90)85-67(68(89)61-59-57-55-53-51-49-47-45-43-41-39-37-28-26-24-22-20-18-16-14-12-10-8-6-4-2)66-98-82-78(96)75(93)80(70(64-87)100-82)103-84-79(97)76(94)81(71(65-88)101-84)102-83-77(95)74(92)73(91)69(63-86)99-83/h5,7,11,13,17,19,23,25,29-30,67-71,73-84,86-89,91-97H,3-4,6,8-10,12,14-16,18,20-22,24,26-28,31-66H2,1-2H3,(H,85,90)/b7-5-,13-11-,19-17-,25-23-,30-29-. The van der Waals surface area contributed by atoms with E-state index in [0.717, 1.165) is 77.0 Å². The molecule has 0 spiro atoms. The van der Waals surface area contributed by atoms with Gasteiger partial charge in [0.05, 0.1) is 38.6 Å². The molecule has 0 saturated carbocycles. The summed E-state index contributed by atoms with van der Waals surface area (Å²) >= 11 is 0. The summed E-state index contributed by atoms with van der Waals surface area (Å²) in [5.41, 5.74) is 0. The summed E-state index contributed by atoms with van der Waals surface area (Å²) in [7, 11) is 0. The average Bonchev–Trinajstić information content (AvgIpc) is 0.781. The van der Waals surface area contributed by atoms with Crippen molar-refractivity contribution in [2.75, 3.05) is 26.4 Å². The first-order valence-corrected chi connectivity index (χ1v) is 42.0. The van der Waals surface area contributed by atoms with E-state index in [0.29, 0.717) is 12.8 Å². The quantitative estimate of drug-likeness (QED) is 0.0199. The molecule has 17 unspecified atom stereocenters. The van der Waals surface area contributed by atoms with Gasteiger partial charge in [0, 0.05) is 6.42 Å². The highest BCUT2D eigenvalue weighted by atomic mass is 16.8. The highest BCUT2D eigenvalue weighted by Gasteiger charge is 2.54. The molecule has 3 heterocycles. The van der Waals surface area contributed by atoms with Gasteiger partial charge in [-0.1, -0.05) is 331 Å². The lowest BCUT2D eigenvalue weighted by molar-refractivity contribution is -0.379. The maximum absolute atomic E-state index is 13.5. The van der Waals surface area contributed by atoms with Crippen LogP contribution in [0.5, 0.6) is 0 Å². The Balaban J connectivity index is 1.34. The molecule has 1 amide bonds. The van der Waals surface area contributed by atoms with Crippen molar-refractivity contribution >= 4 is 5.91 Å². The van der Waals surface area contributed by atoms with Crippen molar-refractivity contribution < 1.29 is 89.4 Å². The summed E-state index contributed by atoms with van der Waals surface area (Å²) in [4.78, 5) is 13.5. The smallest absolute Gasteiger partial charge is 0.220 e. The monoisotopic (exact) mass is 1460 g/mol. The maximum atomic E-state index is 13.5. The fourth-order valence-electron chi connectivity index (χ4n) is 14.2.